The van der Waals surface area contributed by atoms with Gasteiger partial charge in [-0.1, -0.05) is 112 Å². The maximum atomic E-state index is 12.1. The number of rotatable bonds is 15. The Morgan fingerprint density at radius 2 is 1.21 bits per heavy atom. The van der Waals surface area contributed by atoms with Crippen molar-refractivity contribution in [3.63, 3.8) is 0 Å². The third-order valence-corrected chi connectivity index (χ3v) is 5.33. The van der Waals surface area contributed by atoms with Crippen molar-refractivity contribution in [2.24, 2.45) is 0 Å². The summed E-state index contributed by atoms with van der Waals surface area (Å²) in [4.78, 5) is 14.1. The highest BCUT2D eigenvalue weighted by Gasteiger charge is 2.25. The summed E-state index contributed by atoms with van der Waals surface area (Å²) in [7, 11) is 1.74. The molecule has 1 aliphatic heterocycles. The summed E-state index contributed by atoms with van der Waals surface area (Å²) in [6, 6.07) is 0. The molecule has 1 atom stereocenters. The van der Waals surface area contributed by atoms with E-state index in [1.54, 1.807) is 7.11 Å². The summed E-state index contributed by atoms with van der Waals surface area (Å²) in [5, 5.41) is 0. The Labute approximate surface area is 178 Å². The average molecular weight is 400 g/mol. The second-order valence-corrected chi connectivity index (χ2v) is 7.48. The van der Waals surface area contributed by atoms with E-state index in [1.807, 2.05) is 32.6 Å². The minimum Gasteiger partial charge on any atom is -0.380 e. The lowest BCUT2D eigenvalue weighted by Gasteiger charge is -2.15. The van der Waals surface area contributed by atoms with Gasteiger partial charge in [-0.25, -0.2) is 0 Å². The number of unbranched alkanes of at least 4 members (excludes halogenated alkanes) is 12. The first-order chi connectivity index (χ1) is 13.8. The highest BCUT2D eigenvalue weighted by atomic mass is 16.5. The standard InChI is InChI=1S/C21H41NO2.2C2H6/c1-3-4-5-6-7-8-9-10-11-12-13-14-15-16-21(23)22-18-17-20(19-22)24-2;2*1-2/h20H,3-19H2,1-2H3;2*1-2H3. The number of amides is 1. The predicted octanol–water partition coefficient (Wildman–Crippen LogP) is 7.77. The molecule has 3 heteroatoms. The zero-order valence-electron chi connectivity index (χ0n) is 20.4. The largest absolute Gasteiger partial charge is 0.380 e. The van der Waals surface area contributed by atoms with Crippen LogP contribution in [0.25, 0.3) is 0 Å². The lowest BCUT2D eigenvalue weighted by molar-refractivity contribution is -0.130. The Balaban J connectivity index is 0. The van der Waals surface area contributed by atoms with Crippen LogP contribution in [0.4, 0.5) is 0 Å². The molecule has 0 spiro atoms. The van der Waals surface area contributed by atoms with E-state index in [0.717, 1.165) is 32.4 Å². The second-order valence-electron chi connectivity index (χ2n) is 7.48. The minimum absolute atomic E-state index is 0.264. The van der Waals surface area contributed by atoms with E-state index in [0.29, 0.717) is 5.91 Å². The van der Waals surface area contributed by atoms with Gasteiger partial charge in [-0.15, -0.1) is 0 Å². The van der Waals surface area contributed by atoms with Crippen molar-refractivity contribution in [2.45, 2.75) is 137 Å². The van der Waals surface area contributed by atoms with Crippen LogP contribution in [-0.4, -0.2) is 37.1 Å². The molecule has 1 aliphatic rings. The molecule has 0 radical (unpaired) electrons. The first kappa shape index (κ1) is 29.6. The molecule has 1 rings (SSSR count). The highest BCUT2D eigenvalue weighted by molar-refractivity contribution is 5.76. The van der Waals surface area contributed by atoms with Crippen LogP contribution < -0.4 is 0 Å². The molecule has 0 bridgehead atoms. The molecule has 1 heterocycles. The minimum atomic E-state index is 0.264. The van der Waals surface area contributed by atoms with Crippen molar-refractivity contribution in [1.82, 2.24) is 4.90 Å². The molecule has 3 nitrogen and oxygen atoms in total. The Bertz CT molecular complexity index is 307. The van der Waals surface area contributed by atoms with Gasteiger partial charge in [-0.2, -0.15) is 0 Å². The van der Waals surface area contributed by atoms with Crippen molar-refractivity contribution in [3.05, 3.63) is 0 Å². The van der Waals surface area contributed by atoms with Gasteiger partial charge in [0.25, 0.3) is 0 Å². The molecule has 1 saturated heterocycles. The summed E-state index contributed by atoms with van der Waals surface area (Å²) in [5.41, 5.74) is 0. The van der Waals surface area contributed by atoms with Crippen molar-refractivity contribution in [2.75, 3.05) is 20.2 Å². The maximum Gasteiger partial charge on any atom is 0.222 e. The second kappa shape index (κ2) is 24.5. The lowest BCUT2D eigenvalue weighted by atomic mass is 10.0. The van der Waals surface area contributed by atoms with Gasteiger partial charge in [0.1, 0.15) is 0 Å². The molecular weight excluding hydrogens is 346 g/mol. The lowest BCUT2D eigenvalue weighted by Crippen LogP contribution is -2.29. The summed E-state index contributed by atoms with van der Waals surface area (Å²) in [5.74, 6) is 0.331. The number of carbonyl (C=O) groups excluding carboxylic acids is 1. The van der Waals surface area contributed by atoms with Gasteiger partial charge in [0, 0.05) is 26.6 Å². The van der Waals surface area contributed by atoms with Crippen molar-refractivity contribution >= 4 is 5.91 Å². The molecule has 0 N–H and O–H groups in total. The summed E-state index contributed by atoms with van der Waals surface area (Å²) >= 11 is 0. The fourth-order valence-electron chi connectivity index (χ4n) is 3.60. The molecule has 0 saturated carbocycles. The Hall–Kier alpha value is -0.570. The fourth-order valence-corrected chi connectivity index (χ4v) is 3.60. The van der Waals surface area contributed by atoms with Gasteiger partial charge in [0.15, 0.2) is 0 Å². The maximum absolute atomic E-state index is 12.1. The van der Waals surface area contributed by atoms with E-state index in [4.69, 9.17) is 4.74 Å². The van der Waals surface area contributed by atoms with E-state index < -0.39 is 0 Å². The molecule has 0 aliphatic carbocycles. The number of carbonyl (C=O) groups is 1. The number of hydrogen-bond donors (Lipinski definition) is 0. The van der Waals surface area contributed by atoms with E-state index in [2.05, 4.69) is 6.92 Å². The van der Waals surface area contributed by atoms with Gasteiger partial charge in [0.05, 0.1) is 6.10 Å². The number of likely N-dealkylation sites (tertiary alicyclic amines) is 1. The zero-order chi connectivity index (χ0) is 21.5. The topological polar surface area (TPSA) is 29.5 Å². The molecule has 0 aromatic heterocycles. The zero-order valence-corrected chi connectivity index (χ0v) is 20.4. The quantitative estimate of drug-likeness (QED) is 0.263. The van der Waals surface area contributed by atoms with Crippen LogP contribution in [0.2, 0.25) is 0 Å². The Morgan fingerprint density at radius 1 is 0.786 bits per heavy atom. The highest BCUT2D eigenvalue weighted by Crippen LogP contribution is 2.16. The monoisotopic (exact) mass is 399 g/mol. The molecule has 170 valence electrons. The van der Waals surface area contributed by atoms with Crippen LogP contribution in [0, 0.1) is 0 Å². The Morgan fingerprint density at radius 3 is 1.61 bits per heavy atom. The van der Waals surface area contributed by atoms with Crippen molar-refractivity contribution < 1.29 is 9.53 Å². The van der Waals surface area contributed by atoms with E-state index in [-0.39, 0.29) is 6.10 Å². The number of methoxy groups -OCH3 is 1. The molecule has 1 unspecified atom stereocenters. The van der Waals surface area contributed by atoms with Crippen LogP contribution in [-0.2, 0) is 9.53 Å². The van der Waals surface area contributed by atoms with Crippen LogP contribution >= 0.6 is 0 Å². The molecule has 1 amide bonds. The molecular formula is C25H53NO2. The molecule has 0 aromatic carbocycles. The summed E-state index contributed by atoms with van der Waals surface area (Å²) in [6.45, 7) is 12.0. The fraction of sp³-hybridized carbons (Fsp3) is 0.960. The summed E-state index contributed by atoms with van der Waals surface area (Å²) < 4.78 is 5.32. The van der Waals surface area contributed by atoms with Gasteiger partial charge in [-0.05, 0) is 12.8 Å². The van der Waals surface area contributed by atoms with Crippen LogP contribution in [0.3, 0.4) is 0 Å². The molecule has 1 fully saturated rings. The third kappa shape index (κ3) is 17.5. The smallest absolute Gasteiger partial charge is 0.222 e. The third-order valence-electron chi connectivity index (χ3n) is 5.33. The SMILES string of the molecule is CC.CC.CCCCCCCCCCCCCCCC(=O)N1CCC(OC)C1. The van der Waals surface area contributed by atoms with E-state index >= 15 is 0 Å². The van der Waals surface area contributed by atoms with Crippen molar-refractivity contribution in [3.8, 4) is 0 Å². The number of hydrogen-bond acceptors (Lipinski definition) is 2. The van der Waals surface area contributed by atoms with Crippen LogP contribution in [0.1, 0.15) is 131 Å². The predicted molar refractivity (Wildman–Crippen MR) is 125 cm³/mol. The van der Waals surface area contributed by atoms with E-state index in [1.165, 1.54) is 77.0 Å². The normalized spacial score (nSPS) is 15.5. The molecule has 28 heavy (non-hydrogen) atoms. The van der Waals surface area contributed by atoms with E-state index in [9.17, 15) is 4.79 Å². The van der Waals surface area contributed by atoms with Gasteiger partial charge in [-0.3, -0.25) is 4.79 Å². The Kier molecular flexibility index (Phi) is 25.9. The van der Waals surface area contributed by atoms with Gasteiger partial charge >= 0.3 is 0 Å². The first-order valence-electron chi connectivity index (χ1n) is 12.6. The van der Waals surface area contributed by atoms with Gasteiger partial charge in [0.2, 0.25) is 5.91 Å². The van der Waals surface area contributed by atoms with Crippen LogP contribution in [0.5, 0.6) is 0 Å². The number of nitrogens with zero attached hydrogens (tertiary/aromatic N) is 1. The van der Waals surface area contributed by atoms with Crippen LogP contribution in [0.15, 0.2) is 0 Å². The summed E-state index contributed by atoms with van der Waals surface area (Å²) in [6.07, 6.45) is 19.6. The number of ether oxygens (including phenoxy) is 1. The van der Waals surface area contributed by atoms with Gasteiger partial charge < -0.3 is 9.64 Å². The first-order valence-corrected chi connectivity index (χ1v) is 12.6. The molecule has 0 aromatic rings. The average Bonchev–Trinajstić information content (AvgIpc) is 3.24. The van der Waals surface area contributed by atoms with Crippen molar-refractivity contribution in [1.29, 1.82) is 0 Å².